The van der Waals surface area contributed by atoms with Gasteiger partial charge in [0, 0.05) is 10.9 Å². The molecule has 0 bridgehead atoms. The Kier molecular flexibility index (Phi) is 2.73. The number of hydrogen-bond acceptors (Lipinski definition) is 1. The van der Waals surface area contributed by atoms with E-state index < -0.39 is 23.9 Å². The number of aromatic nitrogens is 1. The highest BCUT2D eigenvalue weighted by molar-refractivity contribution is 5.82. The van der Waals surface area contributed by atoms with Gasteiger partial charge in [-0.1, -0.05) is 18.2 Å². The SMILES string of the molecule is FC(F)c1cc(C(F)(F)F)nc2ccccc12. The maximum atomic E-state index is 12.7. The molecule has 0 aliphatic carbocycles. The maximum absolute atomic E-state index is 12.7. The van der Waals surface area contributed by atoms with E-state index in [1.807, 2.05) is 0 Å². The van der Waals surface area contributed by atoms with E-state index in [0.29, 0.717) is 6.07 Å². The summed E-state index contributed by atoms with van der Waals surface area (Å²) in [6.45, 7) is 0. The summed E-state index contributed by atoms with van der Waals surface area (Å²) in [5.74, 6) is 0. The Morgan fingerprint density at radius 2 is 1.71 bits per heavy atom. The molecule has 90 valence electrons. The standard InChI is InChI=1S/C11H6F5N/c12-10(13)7-5-9(11(14,15)16)17-8-4-2-1-3-6(7)8/h1-5,10H. The molecule has 0 atom stereocenters. The van der Waals surface area contributed by atoms with Gasteiger partial charge in [-0.25, -0.2) is 13.8 Å². The fourth-order valence-corrected chi connectivity index (χ4v) is 1.53. The quantitative estimate of drug-likeness (QED) is 0.688. The van der Waals surface area contributed by atoms with E-state index in [-0.39, 0.29) is 10.9 Å². The molecule has 0 saturated heterocycles. The van der Waals surface area contributed by atoms with Gasteiger partial charge in [0.25, 0.3) is 6.43 Å². The van der Waals surface area contributed by atoms with Crippen LogP contribution in [-0.4, -0.2) is 4.98 Å². The molecule has 0 spiro atoms. The van der Waals surface area contributed by atoms with Crippen molar-refractivity contribution in [3.05, 3.63) is 41.6 Å². The third-order valence-corrected chi connectivity index (χ3v) is 2.27. The van der Waals surface area contributed by atoms with E-state index in [1.165, 1.54) is 24.3 Å². The topological polar surface area (TPSA) is 12.9 Å². The highest BCUT2D eigenvalue weighted by Gasteiger charge is 2.34. The van der Waals surface area contributed by atoms with Crippen LogP contribution in [0.3, 0.4) is 0 Å². The Labute approximate surface area is 92.9 Å². The summed E-state index contributed by atoms with van der Waals surface area (Å²) < 4.78 is 62.7. The van der Waals surface area contributed by atoms with Gasteiger partial charge in [-0.15, -0.1) is 0 Å². The zero-order valence-electron chi connectivity index (χ0n) is 8.30. The fraction of sp³-hybridized carbons (Fsp3) is 0.182. The number of nitrogens with zero attached hydrogens (tertiary/aromatic N) is 1. The molecular weight excluding hydrogens is 241 g/mol. The molecule has 0 saturated carbocycles. The van der Waals surface area contributed by atoms with Crippen molar-refractivity contribution in [3.63, 3.8) is 0 Å². The van der Waals surface area contributed by atoms with Gasteiger partial charge in [0.2, 0.25) is 0 Å². The van der Waals surface area contributed by atoms with E-state index in [0.717, 1.165) is 0 Å². The van der Waals surface area contributed by atoms with Crippen LogP contribution >= 0.6 is 0 Å². The lowest BCUT2D eigenvalue weighted by atomic mass is 10.1. The highest BCUT2D eigenvalue weighted by atomic mass is 19.4. The third-order valence-electron chi connectivity index (χ3n) is 2.27. The second-order valence-corrected chi connectivity index (χ2v) is 3.41. The summed E-state index contributed by atoms with van der Waals surface area (Å²) in [5, 5.41) is 0.0375. The molecule has 1 aromatic carbocycles. The zero-order chi connectivity index (χ0) is 12.6. The smallest absolute Gasteiger partial charge is 0.243 e. The lowest BCUT2D eigenvalue weighted by molar-refractivity contribution is -0.141. The fourth-order valence-electron chi connectivity index (χ4n) is 1.53. The first-order chi connectivity index (χ1) is 7.89. The molecule has 1 nitrogen and oxygen atoms in total. The first-order valence-corrected chi connectivity index (χ1v) is 4.64. The second-order valence-electron chi connectivity index (χ2n) is 3.41. The zero-order valence-corrected chi connectivity index (χ0v) is 8.30. The van der Waals surface area contributed by atoms with E-state index >= 15 is 0 Å². The van der Waals surface area contributed by atoms with Gasteiger partial charge in [-0.3, -0.25) is 0 Å². The molecule has 6 heteroatoms. The van der Waals surface area contributed by atoms with E-state index in [9.17, 15) is 22.0 Å². The Morgan fingerprint density at radius 3 is 2.29 bits per heavy atom. The molecule has 0 fully saturated rings. The maximum Gasteiger partial charge on any atom is 0.433 e. The van der Waals surface area contributed by atoms with Crippen LogP contribution in [0.15, 0.2) is 30.3 Å². The molecule has 1 aromatic heterocycles. The monoisotopic (exact) mass is 247 g/mol. The predicted molar refractivity (Wildman–Crippen MR) is 51.7 cm³/mol. The minimum absolute atomic E-state index is 0.0375. The molecule has 0 aliphatic rings. The van der Waals surface area contributed by atoms with Crippen molar-refractivity contribution in [1.82, 2.24) is 4.98 Å². The Balaban J connectivity index is 2.76. The number of alkyl halides is 5. The van der Waals surface area contributed by atoms with Gasteiger partial charge in [-0.2, -0.15) is 13.2 Å². The molecule has 2 aromatic rings. The summed E-state index contributed by atoms with van der Waals surface area (Å²) in [6, 6.07) is 5.92. The van der Waals surface area contributed by atoms with E-state index in [1.54, 1.807) is 0 Å². The Hall–Kier alpha value is -1.72. The van der Waals surface area contributed by atoms with Crippen molar-refractivity contribution >= 4 is 10.9 Å². The number of hydrogen-bond donors (Lipinski definition) is 0. The normalized spacial score (nSPS) is 12.4. The molecule has 0 N–H and O–H groups in total. The van der Waals surface area contributed by atoms with Crippen LogP contribution in [0.4, 0.5) is 22.0 Å². The van der Waals surface area contributed by atoms with Gasteiger partial charge >= 0.3 is 6.18 Å². The molecule has 0 aliphatic heterocycles. The highest BCUT2D eigenvalue weighted by Crippen LogP contribution is 2.34. The summed E-state index contributed by atoms with van der Waals surface area (Å²) in [5.41, 5.74) is -2.04. The minimum atomic E-state index is -4.73. The molecular formula is C11H6F5N. The van der Waals surface area contributed by atoms with Crippen molar-refractivity contribution in [2.24, 2.45) is 0 Å². The molecule has 2 rings (SSSR count). The van der Waals surface area contributed by atoms with Crippen LogP contribution in [0.5, 0.6) is 0 Å². The number of pyridine rings is 1. The van der Waals surface area contributed by atoms with E-state index in [2.05, 4.69) is 4.98 Å². The minimum Gasteiger partial charge on any atom is -0.243 e. The van der Waals surface area contributed by atoms with Crippen LogP contribution < -0.4 is 0 Å². The average molecular weight is 247 g/mol. The van der Waals surface area contributed by atoms with Crippen LogP contribution in [0.2, 0.25) is 0 Å². The van der Waals surface area contributed by atoms with Gasteiger partial charge < -0.3 is 0 Å². The molecule has 17 heavy (non-hydrogen) atoms. The van der Waals surface area contributed by atoms with Crippen LogP contribution in [-0.2, 0) is 6.18 Å². The first-order valence-electron chi connectivity index (χ1n) is 4.64. The summed E-state index contributed by atoms with van der Waals surface area (Å²) >= 11 is 0. The van der Waals surface area contributed by atoms with Crippen LogP contribution in [0, 0.1) is 0 Å². The third kappa shape index (κ3) is 2.20. The number of fused-ring (bicyclic) bond motifs is 1. The average Bonchev–Trinajstić information content (AvgIpc) is 2.26. The summed E-state index contributed by atoms with van der Waals surface area (Å²) in [7, 11) is 0. The lowest BCUT2D eigenvalue weighted by Crippen LogP contribution is -2.09. The van der Waals surface area contributed by atoms with Gasteiger partial charge in [-0.05, 0) is 12.1 Å². The van der Waals surface area contributed by atoms with Crippen molar-refractivity contribution in [2.45, 2.75) is 12.6 Å². The Morgan fingerprint density at radius 1 is 1.06 bits per heavy atom. The van der Waals surface area contributed by atoms with Crippen molar-refractivity contribution < 1.29 is 22.0 Å². The van der Waals surface area contributed by atoms with Crippen LogP contribution in [0.1, 0.15) is 17.7 Å². The second kappa shape index (κ2) is 3.94. The number of rotatable bonds is 1. The van der Waals surface area contributed by atoms with Gasteiger partial charge in [0.1, 0.15) is 5.69 Å². The first kappa shape index (κ1) is 11.8. The molecule has 0 radical (unpaired) electrons. The number of para-hydroxylation sites is 1. The largest absolute Gasteiger partial charge is 0.433 e. The molecule has 0 unspecified atom stereocenters. The van der Waals surface area contributed by atoms with Crippen molar-refractivity contribution in [3.8, 4) is 0 Å². The molecule has 1 heterocycles. The van der Waals surface area contributed by atoms with Crippen LogP contribution in [0.25, 0.3) is 10.9 Å². The summed E-state index contributed by atoms with van der Waals surface area (Å²) in [6.07, 6.45) is -7.70. The van der Waals surface area contributed by atoms with E-state index in [4.69, 9.17) is 0 Å². The van der Waals surface area contributed by atoms with Gasteiger partial charge in [0.15, 0.2) is 0 Å². The lowest BCUT2D eigenvalue weighted by Gasteiger charge is -2.10. The Bertz CT molecular complexity index is 547. The predicted octanol–water partition coefficient (Wildman–Crippen LogP) is 4.19. The number of halogens is 5. The summed E-state index contributed by atoms with van der Waals surface area (Å²) in [4.78, 5) is 3.33. The molecule has 0 amide bonds. The number of benzene rings is 1. The van der Waals surface area contributed by atoms with Crippen molar-refractivity contribution in [2.75, 3.05) is 0 Å². The van der Waals surface area contributed by atoms with Crippen molar-refractivity contribution in [1.29, 1.82) is 0 Å². The van der Waals surface area contributed by atoms with Gasteiger partial charge in [0.05, 0.1) is 5.52 Å².